The number of nitrogens with one attached hydrogen (secondary N) is 1. The molecule has 164 valence electrons. The minimum Gasteiger partial charge on any atom is -0.481 e. The number of anilines is 1. The Balaban J connectivity index is 1.23. The second-order valence-electron chi connectivity index (χ2n) is 9.60. The van der Waals surface area contributed by atoms with Gasteiger partial charge < -0.3 is 14.9 Å². The number of rotatable bonds is 4. The van der Waals surface area contributed by atoms with Gasteiger partial charge in [0.15, 0.2) is 0 Å². The van der Waals surface area contributed by atoms with Gasteiger partial charge in [0.25, 0.3) is 5.91 Å². The zero-order chi connectivity index (χ0) is 21.8. The zero-order valence-electron chi connectivity index (χ0n) is 17.4. The number of fused-ring (bicyclic) bond motifs is 1. The molecule has 31 heavy (non-hydrogen) atoms. The SMILES string of the molecule is O=C(O)CC1CC2(CCN(c3ccc4c(c3)CN(C3CCC(=O)NC3=O)C4=O)CC2)C1. The molecular formula is C23H27N3O5. The summed E-state index contributed by atoms with van der Waals surface area (Å²) in [6.07, 6.45) is 5.09. The van der Waals surface area contributed by atoms with E-state index in [9.17, 15) is 19.2 Å². The predicted molar refractivity (Wildman–Crippen MR) is 111 cm³/mol. The minimum absolute atomic E-state index is 0.146. The highest BCUT2D eigenvalue weighted by Crippen LogP contribution is 2.54. The molecule has 0 radical (unpaired) electrons. The summed E-state index contributed by atoms with van der Waals surface area (Å²) < 4.78 is 0. The van der Waals surface area contributed by atoms with Crippen molar-refractivity contribution in [1.29, 1.82) is 0 Å². The van der Waals surface area contributed by atoms with Gasteiger partial charge in [-0.1, -0.05) is 0 Å². The van der Waals surface area contributed by atoms with Crippen molar-refractivity contribution in [2.45, 2.75) is 57.5 Å². The lowest BCUT2D eigenvalue weighted by Crippen LogP contribution is -2.52. The van der Waals surface area contributed by atoms with Gasteiger partial charge in [-0.05, 0) is 67.2 Å². The van der Waals surface area contributed by atoms with Crippen LogP contribution < -0.4 is 10.2 Å². The lowest BCUT2D eigenvalue weighted by atomic mass is 9.57. The highest BCUT2D eigenvalue weighted by Gasteiger charge is 2.46. The number of piperidine rings is 2. The average molecular weight is 425 g/mol. The lowest BCUT2D eigenvalue weighted by molar-refractivity contribution is -0.140. The smallest absolute Gasteiger partial charge is 0.303 e. The summed E-state index contributed by atoms with van der Waals surface area (Å²) in [6, 6.07) is 5.31. The van der Waals surface area contributed by atoms with E-state index in [4.69, 9.17) is 5.11 Å². The van der Waals surface area contributed by atoms with Gasteiger partial charge in [0, 0.05) is 43.7 Å². The molecular weight excluding hydrogens is 398 g/mol. The van der Waals surface area contributed by atoms with Crippen molar-refractivity contribution in [2.24, 2.45) is 11.3 Å². The largest absolute Gasteiger partial charge is 0.481 e. The van der Waals surface area contributed by atoms with E-state index in [-0.39, 0.29) is 30.6 Å². The van der Waals surface area contributed by atoms with E-state index in [1.54, 1.807) is 4.90 Å². The molecule has 1 unspecified atom stereocenters. The molecule has 3 amide bonds. The van der Waals surface area contributed by atoms with E-state index < -0.39 is 12.0 Å². The van der Waals surface area contributed by atoms with Crippen molar-refractivity contribution in [3.05, 3.63) is 29.3 Å². The highest BCUT2D eigenvalue weighted by atomic mass is 16.4. The molecule has 2 saturated heterocycles. The molecule has 2 N–H and O–H groups in total. The quantitative estimate of drug-likeness (QED) is 0.714. The number of amides is 3. The number of nitrogens with zero attached hydrogens (tertiary/aromatic N) is 2. The van der Waals surface area contributed by atoms with Gasteiger partial charge in [-0.25, -0.2) is 0 Å². The Morgan fingerprint density at radius 2 is 1.90 bits per heavy atom. The fraction of sp³-hybridized carbons (Fsp3) is 0.565. The van der Waals surface area contributed by atoms with Crippen LogP contribution in [0.4, 0.5) is 5.69 Å². The number of benzene rings is 1. The number of aliphatic carboxylic acids is 1. The monoisotopic (exact) mass is 425 g/mol. The first-order valence-electron chi connectivity index (χ1n) is 11.1. The number of carbonyl (C=O) groups is 4. The van der Waals surface area contributed by atoms with E-state index in [2.05, 4.69) is 16.3 Å². The molecule has 1 aromatic carbocycles. The van der Waals surface area contributed by atoms with Crippen LogP contribution in [0.3, 0.4) is 0 Å². The van der Waals surface area contributed by atoms with Crippen molar-refractivity contribution in [2.75, 3.05) is 18.0 Å². The number of imide groups is 1. The van der Waals surface area contributed by atoms with Crippen molar-refractivity contribution >= 4 is 29.4 Å². The normalized spacial score (nSPS) is 25.4. The second-order valence-corrected chi connectivity index (χ2v) is 9.60. The Morgan fingerprint density at radius 1 is 1.16 bits per heavy atom. The summed E-state index contributed by atoms with van der Waals surface area (Å²) in [4.78, 5) is 51.3. The number of hydrogen-bond acceptors (Lipinski definition) is 5. The molecule has 1 spiro atoms. The third kappa shape index (κ3) is 3.58. The molecule has 4 aliphatic rings. The minimum atomic E-state index is -0.698. The van der Waals surface area contributed by atoms with Crippen molar-refractivity contribution < 1.29 is 24.3 Å². The maximum absolute atomic E-state index is 12.9. The van der Waals surface area contributed by atoms with Gasteiger partial charge in [0.1, 0.15) is 6.04 Å². The Labute approximate surface area is 180 Å². The molecule has 3 fully saturated rings. The van der Waals surface area contributed by atoms with Crippen molar-refractivity contribution in [3.63, 3.8) is 0 Å². The molecule has 0 bridgehead atoms. The van der Waals surface area contributed by atoms with E-state index in [1.807, 2.05) is 12.1 Å². The summed E-state index contributed by atoms with van der Waals surface area (Å²) in [6.45, 7) is 2.26. The summed E-state index contributed by atoms with van der Waals surface area (Å²) >= 11 is 0. The molecule has 1 aliphatic carbocycles. The Hall–Kier alpha value is -2.90. The van der Waals surface area contributed by atoms with Crippen LogP contribution in [0.2, 0.25) is 0 Å². The fourth-order valence-electron chi connectivity index (χ4n) is 5.96. The van der Waals surface area contributed by atoms with Crippen LogP contribution in [-0.4, -0.2) is 52.8 Å². The van der Waals surface area contributed by atoms with Gasteiger partial charge in [0.05, 0.1) is 0 Å². The van der Waals surface area contributed by atoms with Gasteiger partial charge in [-0.15, -0.1) is 0 Å². The number of hydrogen-bond donors (Lipinski definition) is 2. The molecule has 1 saturated carbocycles. The van der Waals surface area contributed by atoms with Crippen molar-refractivity contribution in [1.82, 2.24) is 10.2 Å². The predicted octanol–water partition coefficient (Wildman–Crippen LogP) is 1.92. The molecule has 3 heterocycles. The van der Waals surface area contributed by atoms with Crippen LogP contribution >= 0.6 is 0 Å². The third-order valence-corrected chi connectivity index (χ3v) is 7.60. The Bertz CT molecular complexity index is 958. The molecule has 1 aromatic rings. The highest BCUT2D eigenvalue weighted by molar-refractivity contribution is 6.05. The van der Waals surface area contributed by atoms with Gasteiger partial charge >= 0.3 is 5.97 Å². The maximum atomic E-state index is 12.9. The molecule has 8 heteroatoms. The zero-order valence-corrected chi connectivity index (χ0v) is 17.4. The van der Waals surface area contributed by atoms with E-state index in [0.29, 0.717) is 29.9 Å². The summed E-state index contributed by atoms with van der Waals surface area (Å²) in [5, 5.41) is 11.3. The standard InChI is InChI=1S/C23H27N3O5/c27-19-4-3-18(21(30)24-19)26-13-15-10-16(1-2-17(15)22(26)31)25-7-5-23(6-8-25)11-14(12-23)9-20(28)29/h1-2,10,14,18H,3-9,11-13H2,(H,28,29)(H,24,27,30). The van der Waals surface area contributed by atoms with E-state index in [0.717, 1.165) is 50.0 Å². The lowest BCUT2D eigenvalue weighted by Gasteiger charge is -2.52. The van der Waals surface area contributed by atoms with Crippen LogP contribution in [0.1, 0.15) is 60.9 Å². The van der Waals surface area contributed by atoms with Gasteiger partial charge in [0.2, 0.25) is 11.8 Å². The second kappa shape index (κ2) is 7.35. The van der Waals surface area contributed by atoms with Crippen LogP contribution in [0.25, 0.3) is 0 Å². The number of carbonyl (C=O) groups excluding carboxylic acids is 3. The molecule has 8 nitrogen and oxygen atoms in total. The number of carboxylic acids is 1. The van der Waals surface area contributed by atoms with Gasteiger partial charge in [-0.3, -0.25) is 24.5 Å². The first-order valence-corrected chi connectivity index (χ1v) is 11.1. The molecule has 0 aromatic heterocycles. The first-order chi connectivity index (χ1) is 14.8. The number of carboxylic acid groups (broad SMARTS) is 1. The van der Waals surface area contributed by atoms with Crippen LogP contribution in [0.15, 0.2) is 18.2 Å². The van der Waals surface area contributed by atoms with Crippen LogP contribution in [0.5, 0.6) is 0 Å². The van der Waals surface area contributed by atoms with Crippen molar-refractivity contribution in [3.8, 4) is 0 Å². The van der Waals surface area contributed by atoms with Gasteiger partial charge in [-0.2, -0.15) is 0 Å². The molecule has 5 rings (SSSR count). The fourth-order valence-corrected chi connectivity index (χ4v) is 5.96. The summed E-state index contributed by atoms with van der Waals surface area (Å²) in [5.74, 6) is -1.19. The first kappa shape index (κ1) is 20.0. The molecule has 3 aliphatic heterocycles. The Morgan fingerprint density at radius 3 is 2.58 bits per heavy atom. The summed E-state index contributed by atoms with van der Waals surface area (Å²) in [5.41, 5.74) is 2.97. The van der Waals surface area contributed by atoms with Crippen LogP contribution in [-0.2, 0) is 20.9 Å². The van der Waals surface area contributed by atoms with E-state index in [1.165, 1.54) is 0 Å². The Kier molecular flexibility index (Phi) is 4.75. The maximum Gasteiger partial charge on any atom is 0.303 e. The average Bonchev–Trinajstić information content (AvgIpc) is 3.03. The third-order valence-electron chi connectivity index (χ3n) is 7.60. The summed E-state index contributed by atoms with van der Waals surface area (Å²) in [7, 11) is 0. The molecule has 1 atom stereocenters. The topological polar surface area (TPSA) is 107 Å². The van der Waals surface area contributed by atoms with E-state index >= 15 is 0 Å². The van der Waals surface area contributed by atoms with Crippen LogP contribution in [0, 0.1) is 11.3 Å².